The van der Waals surface area contributed by atoms with E-state index < -0.39 is 24.5 Å². The zero-order chi connectivity index (χ0) is 18.6. The molecule has 0 aliphatic carbocycles. The average Bonchev–Trinajstić information content (AvgIpc) is 3.09. The van der Waals surface area contributed by atoms with Crippen LogP contribution in [-0.2, 0) is 14.3 Å². The Morgan fingerprint density at radius 3 is 2.52 bits per heavy atom. The topological polar surface area (TPSA) is 94.8 Å². The van der Waals surface area contributed by atoms with Crippen molar-refractivity contribution in [2.24, 2.45) is 0 Å². The van der Waals surface area contributed by atoms with Gasteiger partial charge in [-0.2, -0.15) is 0 Å². The van der Waals surface area contributed by atoms with Crippen LogP contribution >= 0.6 is 27.3 Å². The number of amides is 1. The van der Waals surface area contributed by atoms with Gasteiger partial charge in [0, 0.05) is 4.88 Å². The van der Waals surface area contributed by atoms with Gasteiger partial charge in [0.1, 0.15) is 5.00 Å². The Balaban J connectivity index is 2.02. The molecule has 0 radical (unpaired) electrons. The number of hydrogen-bond acceptors (Lipinski definition) is 7. The molecule has 0 fully saturated rings. The van der Waals surface area contributed by atoms with Crippen LogP contribution in [0.15, 0.2) is 21.2 Å². The summed E-state index contributed by atoms with van der Waals surface area (Å²) in [6.07, 6.45) is 0. The number of thiophene rings is 1. The lowest BCUT2D eigenvalue weighted by molar-refractivity contribution is -0.119. The Morgan fingerprint density at radius 2 is 1.92 bits per heavy atom. The number of carbonyl (C=O) groups is 3. The van der Waals surface area contributed by atoms with Crippen LogP contribution in [0.3, 0.4) is 0 Å². The summed E-state index contributed by atoms with van der Waals surface area (Å²) in [4.78, 5) is 36.7. The fourth-order valence-electron chi connectivity index (χ4n) is 1.95. The first-order chi connectivity index (χ1) is 11.8. The first-order valence-corrected chi connectivity index (χ1v) is 8.93. The van der Waals surface area contributed by atoms with Gasteiger partial charge in [0.15, 0.2) is 11.3 Å². The second kappa shape index (κ2) is 8.30. The normalized spacial score (nSPS) is 10.4. The largest absolute Gasteiger partial charge is 0.462 e. The zero-order valence-corrected chi connectivity index (χ0v) is 16.2. The molecule has 134 valence electrons. The molecule has 0 aliphatic rings. The van der Waals surface area contributed by atoms with Crippen LogP contribution in [0.2, 0.25) is 0 Å². The van der Waals surface area contributed by atoms with E-state index in [1.807, 2.05) is 6.92 Å². The van der Waals surface area contributed by atoms with E-state index in [2.05, 4.69) is 21.2 Å². The summed E-state index contributed by atoms with van der Waals surface area (Å²) < 4.78 is 15.3. The number of furan rings is 1. The molecule has 0 aromatic carbocycles. The lowest BCUT2D eigenvalue weighted by Gasteiger charge is -2.07. The summed E-state index contributed by atoms with van der Waals surface area (Å²) in [6.45, 7) is 5.05. The standard InChI is InChI=1S/C16H16BrNO6S/c1-4-22-16(21)13-8(2)9(3)25-14(13)18-12(19)7-23-15(20)10-5-6-11(17)24-10/h5-6H,4,7H2,1-3H3,(H,18,19). The van der Waals surface area contributed by atoms with Gasteiger partial charge >= 0.3 is 11.9 Å². The van der Waals surface area contributed by atoms with Gasteiger partial charge < -0.3 is 19.2 Å². The van der Waals surface area contributed by atoms with Crippen molar-refractivity contribution in [3.63, 3.8) is 0 Å². The minimum Gasteiger partial charge on any atom is -0.462 e. The zero-order valence-electron chi connectivity index (χ0n) is 13.8. The molecule has 25 heavy (non-hydrogen) atoms. The third-order valence-corrected chi connectivity index (χ3v) is 4.78. The van der Waals surface area contributed by atoms with Gasteiger partial charge in [-0.05, 0) is 54.4 Å². The van der Waals surface area contributed by atoms with Crippen molar-refractivity contribution in [2.75, 3.05) is 18.5 Å². The maximum absolute atomic E-state index is 12.1. The van der Waals surface area contributed by atoms with Crippen LogP contribution in [0.25, 0.3) is 0 Å². The summed E-state index contributed by atoms with van der Waals surface area (Å²) >= 11 is 4.33. The van der Waals surface area contributed by atoms with Crippen molar-refractivity contribution in [2.45, 2.75) is 20.8 Å². The van der Waals surface area contributed by atoms with Gasteiger partial charge in [-0.15, -0.1) is 11.3 Å². The van der Waals surface area contributed by atoms with Gasteiger partial charge in [-0.3, -0.25) is 4.79 Å². The molecule has 9 heteroatoms. The van der Waals surface area contributed by atoms with E-state index in [0.29, 0.717) is 15.2 Å². The molecule has 1 N–H and O–H groups in total. The second-order valence-corrected chi connectivity index (χ2v) is 6.94. The van der Waals surface area contributed by atoms with Crippen molar-refractivity contribution < 1.29 is 28.3 Å². The van der Waals surface area contributed by atoms with E-state index in [1.54, 1.807) is 19.9 Å². The molecule has 0 saturated carbocycles. The van der Waals surface area contributed by atoms with Gasteiger partial charge in [-0.1, -0.05) is 0 Å². The molecular weight excluding hydrogens is 414 g/mol. The first kappa shape index (κ1) is 19.2. The minimum atomic E-state index is -0.759. The third-order valence-electron chi connectivity index (χ3n) is 3.23. The first-order valence-electron chi connectivity index (χ1n) is 7.32. The fourth-order valence-corrected chi connectivity index (χ4v) is 3.32. The van der Waals surface area contributed by atoms with Gasteiger partial charge in [0.2, 0.25) is 5.76 Å². The second-order valence-electron chi connectivity index (χ2n) is 4.94. The van der Waals surface area contributed by atoms with Crippen molar-refractivity contribution in [1.82, 2.24) is 0 Å². The Labute approximate surface area is 156 Å². The summed E-state index contributed by atoms with van der Waals surface area (Å²) in [5.74, 6) is -1.84. The molecule has 0 saturated heterocycles. The molecule has 7 nitrogen and oxygen atoms in total. The van der Waals surface area contributed by atoms with Crippen molar-refractivity contribution in [3.8, 4) is 0 Å². The predicted octanol–water partition coefficient (Wildman–Crippen LogP) is 3.69. The number of aryl methyl sites for hydroxylation is 1. The molecular formula is C16H16BrNO6S. The highest BCUT2D eigenvalue weighted by atomic mass is 79.9. The number of anilines is 1. The number of carbonyl (C=O) groups excluding carboxylic acids is 3. The van der Waals surface area contributed by atoms with Crippen LogP contribution in [0.4, 0.5) is 5.00 Å². The molecule has 2 rings (SSSR count). The molecule has 2 aromatic rings. The van der Waals surface area contributed by atoms with E-state index >= 15 is 0 Å². The van der Waals surface area contributed by atoms with Crippen LogP contribution in [0, 0.1) is 13.8 Å². The number of ether oxygens (including phenoxy) is 2. The van der Waals surface area contributed by atoms with Crippen molar-refractivity contribution in [3.05, 3.63) is 38.6 Å². The third kappa shape index (κ3) is 4.70. The molecule has 0 aliphatic heterocycles. The quantitative estimate of drug-likeness (QED) is 0.703. The van der Waals surface area contributed by atoms with Crippen molar-refractivity contribution >= 4 is 50.1 Å². The Bertz CT molecular complexity index is 810. The highest BCUT2D eigenvalue weighted by Gasteiger charge is 2.22. The summed E-state index contributed by atoms with van der Waals surface area (Å²) in [6, 6.07) is 2.97. The van der Waals surface area contributed by atoms with Gasteiger partial charge in [0.05, 0.1) is 12.2 Å². The molecule has 0 atom stereocenters. The van der Waals surface area contributed by atoms with Crippen LogP contribution in [-0.4, -0.2) is 31.1 Å². The minimum absolute atomic E-state index is 0.0188. The highest BCUT2D eigenvalue weighted by Crippen LogP contribution is 2.33. The van der Waals surface area contributed by atoms with E-state index in [0.717, 1.165) is 10.4 Å². The van der Waals surface area contributed by atoms with Crippen LogP contribution in [0.5, 0.6) is 0 Å². The molecule has 0 bridgehead atoms. The summed E-state index contributed by atoms with van der Waals surface area (Å²) in [5.41, 5.74) is 1.06. The Kier molecular flexibility index (Phi) is 6.38. The van der Waals surface area contributed by atoms with Crippen LogP contribution in [0.1, 0.15) is 38.3 Å². The van der Waals surface area contributed by atoms with Crippen molar-refractivity contribution in [1.29, 1.82) is 0 Å². The van der Waals surface area contributed by atoms with E-state index in [9.17, 15) is 14.4 Å². The monoisotopic (exact) mass is 429 g/mol. The number of halogens is 1. The number of hydrogen-bond donors (Lipinski definition) is 1. The Hall–Kier alpha value is -2.13. The SMILES string of the molecule is CCOC(=O)c1c(NC(=O)COC(=O)c2ccc(Br)o2)sc(C)c1C. The van der Waals surface area contributed by atoms with E-state index in [1.165, 1.54) is 17.4 Å². The maximum atomic E-state index is 12.1. The summed E-state index contributed by atoms with van der Waals surface area (Å²) in [5, 5.41) is 2.96. The molecule has 2 heterocycles. The summed E-state index contributed by atoms with van der Waals surface area (Å²) in [7, 11) is 0. The molecule has 2 aromatic heterocycles. The predicted molar refractivity (Wildman–Crippen MR) is 95.1 cm³/mol. The molecule has 0 unspecified atom stereocenters. The van der Waals surface area contributed by atoms with E-state index in [-0.39, 0.29) is 12.4 Å². The van der Waals surface area contributed by atoms with Gasteiger partial charge in [-0.25, -0.2) is 9.59 Å². The number of nitrogens with one attached hydrogen (secondary N) is 1. The highest BCUT2D eigenvalue weighted by molar-refractivity contribution is 9.10. The average molecular weight is 430 g/mol. The lowest BCUT2D eigenvalue weighted by Crippen LogP contribution is -2.21. The van der Waals surface area contributed by atoms with Crippen LogP contribution < -0.4 is 5.32 Å². The number of esters is 2. The smallest absolute Gasteiger partial charge is 0.374 e. The Morgan fingerprint density at radius 1 is 1.20 bits per heavy atom. The van der Waals surface area contributed by atoms with E-state index in [4.69, 9.17) is 13.9 Å². The number of rotatable bonds is 6. The molecule has 1 amide bonds. The molecule has 0 spiro atoms. The fraction of sp³-hybridized carbons (Fsp3) is 0.312. The maximum Gasteiger partial charge on any atom is 0.374 e. The lowest BCUT2D eigenvalue weighted by atomic mass is 10.1. The van der Waals surface area contributed by atoms with Gasteiger partial charge in [0.25, 0.3) is 5.91 Å².